The molecule has 2 unspecified atom stereocenters. The molecule has 2 bridgehead atoms. The molecule has 4 aliphatic heterocycles. The van der Waals surface area contributed by atoms with Crippen LogP contribution in [0.1, 0.15) is 44.7 Å². The van der Waals surface area contributed by atoms with E-state index in [1.54, 1.807) is 11.0 Å². The van der Waals surface area contributed by atoms with Crippen LogP contribution >= 0.6 is 0 Å². The summed E-state index contributed by atoms with van der Waals surface area (Å²) in [5.41, 5.74) is -0.135. The first kappa shape index (κ1) is 18.8. The lowest BCUT2D eigenvalue weighted by atomic mass is 9.79. The highest BCUT2D eigenvalue weighted by Crippen LogP contribution is 2.66. The molecule has 30 heavy (non-hydrogen) atoms. The molecule has 156 valence electrons. The van der Waals surface area contributed by atoms with Crippen molar-refractivity contribution < 1.29 is 19.1 Å². The van der Waals surface area contributed by atoms with Crippen molar-refractivity contribution >= 4 is 41.3 Å². The van der Waals surface area contributed by atoms with Crippen LogP contribution in [0, 0.1) is 16.7 Å². The van der Waals surface area contributed by atoms with Gasteiger partial charge in [-0.15, -0.1) is 0 Å². The normalized spacial score (nSPS) is 40.7. The summed E-state index contributed by atoms with van der Waals surface area (Å²) in [6, 6.07) is 7.53. The van der Waals surface area contributed by atoms with Crippen LogP contribution in [0.25, 0.3) is 0 Å². The van der Waals surface area contributed by atoms with E-state index in [1.165, 1.54) is 8.88 Å². The van der Waals surface area contributed by atoms with Crippen LogP contribution in [0.5, 0.6) is 11.5 Å². The van der Waals surface area contributed by atoms with E-state index in [-0.39, 0.29) is 24.6 Å². The Morgan fingerprint density at radius 1 is 1.20 bits per heavy atom. The van der Waals surface area contributed by atoms with Crippen LogP contribution in [-0.2, 0) is 39.1 Å². The number of fused-ring (bicyclic) bond motifs is 2. The highest BCUT2D eigenvalue weighted by molar-refractivity contribution is 8.49. The van der Waals surface area contributed by atoms with Crippen molar-refractivity contribution in [2.45, 2.75) is 54.9 Å². The molecule has 0 aromatic heterocycles. The SMILES string of the molecule is CC12C(=O)N3[C@@H](c4ccc5c(c4)OCO5)[C@@](C)(C#N)CC3(C(=O)N1C1CC1)[S@]2=S=S. The van der Waals surface area contributed by atoms with Crippen molar-refractivity contribution in [1.29, 1.82) is 5.26 Å². The summed E-state index contributed by atoms with van der Waals surface area (Å²) in [7, 11) is 0.454. The Bertz CT molecular complexity index is 1160. The lowest BCUT2D eigenvalue weighted by Crippen LogP contribution is -2.62. The van der Waals surface area contributed by atoms with Gasteiger partial charge in [-0.25, -0.2) is 0 Å². The predicted octanol–water partition coefficient (Wildman–Crippen LogP) is 1.73. The number of nitriles is 1. The summed E-state index contributed by atoms with van der Waals surface area (Å²) in [6.07, 6.45) is 2.14. The van der Waals surface area contributed by atoms with E-state index in [9.17, 15) is 14.9 Å². The van der Waals surface area contributed by atoms with Gasteiger partial charge in [0.1, 0.15) is 0 Å². The van der Waals surface area contributed by atoms with Crippen LogP contribution in [-0.4, -0.2) is 44.2 Å². The molecule has 7 nitrogen and oxygen atoms in total. The Morgan fingerprint density at radius 2 is 1.93 bits per heavy atom. The molecule has 3 saturated heterocycles. The topological polar surface area (TPSA) is 82.9 Å². The largest absolute Gasteiger partial charge is 0.454 e. The molecule has 4 fully saturated rings. The average molecular weight is 462 g/mol. The van der Waals surface area contributed by atoms with Crippen LogP contribution < -0.4 is 9.47 Å². The highest BCUT2D eigenvalue weighted by Gasteiger charge is 2.82. The third-order valence-electron chi connectivity index (χ3n) is 7.10. The van der Waals surface area contributed by atoms with E-state index in [2.05, 4.69) is 6.07 Å². The quantitative estimate of drug-likeness (QED) is 0.667. The van der Waals surface area contributed by atoms with E-state index in [0.717, 1.165) is 18.4 Å². The fraction of sp³-hybridized carbons (Fsp3) is 0.550. The van der Waals surface area contributed by atoms with Crippen molar-refractivity contribution in [3.8, 4) is 17.6 Å². The molecule has 0 radical (unpaired) electrons. The number of benzene rings is 1. The minimum absolute atomic E-state index is 0.0301. The number of ether oxygens (including phenoxy) is 2. The zero-order valence-corrected chi connectivity index (χ0v) is 18.9. The van der Waals surface area contributed by atoms with Crippen LogP contribution in [0.3, 0.4) is 0 Å². The molecular formula is C20H19N3O4S3. The van der Waals surface area contributed by atoms with E-state index < -0.39 is 30.7 Å². The van der Waals surface area contributed by atoms with Gasteiger partial charge in [-0.1, -0.05) is 6.07 Å². The van der Waals surface area contributed by atoms with Crippen LogP contribution in [0.15, 0.2) is 18.2 Å². The second-order valence-electron chi connectivity index (χ2n) is 8.91. The molecule has 10 heteroatoms. The third kappa shape index (κ3) is 1.89. The molecule has 5 aliphatic rings. The first-order valence-corrected chi connectivity index (χ1v) is 13.3. The molecular weight excluding hydrogens is 442 g/mol. The number of carbonyl (C=O) groups is 2. The minimum Gasteiger partial charge on any atom is -0.454 e. The third-order valence-corrected chi connectivity index (χ3v) is 12.9. The van der Waals surface area contributed by atoms with Crippen LogP contribution in [0.4, 0.5) is 0 Å². The lowest BCUT2D eigenvalue weighted by molar-refractivity contribution is -0.161. The Labute approximate surface area is 183 Å². The van der Waals surface area contributed by atoms with Crippen molar-refractivity contribution in [2.75, 3.05) is 6.79 Å². The average Bonchev–Trinajstić information content (AvgIpc) is 3.25. The van der Waals surface area contributed by atoms with Crippen molar-refractivity contribution in [3.05, 3.63) is 23.8 Å². The Balaban J connectivity index is 1.58. The monoisotopic (exact) mass is 461 g/mol. The minimum atomic E-state index is -1.05. The predicted molar refractivity (Wildman–Crippen MR) is 114 cm³/mol. The zero-order chi connectivity index (χ0) is 21.1. The fourth-order valence-electron chi connectivity index (χ4n) is 5.74. The number of nitrogens with zero attached hydrogens (tertiary/aromatic N) is 3. The van der Waals surface area contributed by atoms with Crippen molar-refractivity contribution in [3.63, 3.8) is 0 Å². The summed E-state index contributed by atoms with van der Waals surface area (Å²) >= 11 is 5.45. The van der Waals surface area contributed by atoms with Gasteiger partial charge in [-0.05, 0) is 73.9 Å². The van der Waals surface area contributed by atoms with Gasteiger partial charge in [0.05, 0.1) is 17.5 Å². The number of piperazine rings is 1. The van der Waals surface area contributed by atoms with E-state index >= 15 is 0 Å². The molecule has 1 spiro atoms. The maximum atomic E-state index is 14.0. The molecule has 1 saturated carbocycles. The van der Waals surface area contributed by atoms with Gasteiger partial charge < -0.3 is 19.3 Å². The molecule has 5 atom stereocenters. The van der Waals surface area contributed by atoms with Gasteiger partial charge in [0.2, 0.25) is 6.79 Å². The van der Waals surface area contributed by atoms with Gasteiger partial charge >= 0.3 is 0 Å². The first-order valence-electron chi connectivity index (χ1n) is 9.86. The van der Waals surface area contributed by atoms with Crippen LogP contribution in [0.2, 0.25) is 0 Å². The molecule has 0 N–H and O–H groups in total. The van der Waals surface area contributed by atoms with Gasteiger partial charge in [0, 0.05) is 12.5 Å². The maximum absolute atomic E-state index is 14.0. The van der Waals surface area contributed by atoms with Gasteiger partial charge in [0.15, 0.2) is 21.2 Å². The number of amides is 2. The smallest absolute Gasteiger partial charge is 0.261 e. The second kappa shape index (κ2) is 5.64. The van der Waals surface area contributed by atoms with Crippen molar-refractivity contribution in [1.82, 2.24) is 9.80 Å². The summed E-state index contributed by atoms with van der Waals surface area (Å²) < 4.78 is 11.0. The van der Waals surface area contributed by atoms with Crippen molar-refractivity contribution in [2.24, 2.45) is 5.41 Å². The highest BCUT2D eigenvalue weighted by atomic mass is 33.1. The Kier molecular flexibility index (Phi) is 3.53. The number of hydrogen-bond donors (Lipinski definition) is 0. The Hall–Kier alpha value is -1.96. The number of rotatable bonds is 2. The summed E-state index contributed by atoms with van der Waals surface area (Å²) in [5, 5.41) is 10.2. The number of carbonyl (C=O) groups excluding carboxylic acids is 2. The van der Waals surface area contributed by atoms with E-state index in [1.807, 2.05) is 30.9 Å². The van der Waals surface area contributed by atoms with E-state index in [4.69, 9.17) is 20.7 Å². The van der Waals surface area contributed by atoms with Gasteiger partial charge in [-0.3, -0.25) is 9.59 Å². The fourth-order valence-corrected chi connectivity index (χ4v) is 12.4. The molecule has 1 aromatic rings. The Morgan fingerprint density at radius 3 is 2.60 bits per heavy atom. The molecule has 4 heterocycles. The first-order chi connectivity index (χ1) is 14.3. The molecule has 2 amide bonds. The molecule has 1 aromatic carbocycles. The maximum Gasteiger partial charge on any atom is 0.261 e. The standard InChI is InChI=1S/C20H19N3O4S3/c1-18(9-21)8-20-17(25)22(12-4-5-12)19(2,30(20)29-28)16(24)23(20)15(18)11-3-6-13-14(7-11)27-10-26-13/h3,6-7,12,15H,4-5,8,10H2,1-2H3/t15-,18+,19?,20?,30-/m0/s1. The zero-order valence-electron chi connectivity index (χ0n) is 16.4. The second-order valence-corrected chi connectivity index (χ2v) is 13.7. The summed E-state index contributed by atoms with van der Waals surface area (Å²) in [5.74, 6) is 1.12. The summed E-state index contributed by atoms with van der Waals surface area (Å²) in [4.78, 5) is 29.4. The van der Waals surface area contributed by atoms with E-state index in [0.29, 0.717) is 17.9 Å². The van der Waals surface area contributed by atoms with Gasteiger partial charge in [-0.2, -0.15) is 5.26 Å². The molecule has 1 aliphatic carbocycles. The van der Waals surface area contributed by atoms with Gasteiger partial charge in [0.25, 0.3) is 11.8 Å². The molecule has 6 rings (SSSR count). The number of hydrogen-bond acceptors (Lipinski definition) is 6. The lowest BCUT2D eigenvalue weighted by Gasteiger charge is -2.41. The summed E-state index contributed by atoms with van der Waals surface area (Å²) in [6.45, 7) is 3.87.